The first-order chi connectivity index (χ1) is 8.13. The average Bonchev–Trinajstić information content (AvgIpc) is 2.78. The van der Waals surface area contributed by atoms with Crippen LogP contribution in [0.5, 0.6) is 0 Å². The van der Waals surface area contributed by atoms with Crippen molar-refractivity contribution in [3.63, 3.8) is 0 Å². The number of alkyl halides is 1. The molecule has 94 valence electrons. The number of amides is 1. The lowest BCUT2D eigenvalue weighted by Gasteiger charge is -2.10. The summed E-state index contributed by atoms with van der Waals surface area (Å²) in [4.78, 5) is 23.0. The molecule has 1 unspecified atom stereocenters. The first-order valence-corrected chi connectivity index (χ1v) is 6.12. The maximum absolute atomic E-state index is 12.2. The second-order valence-electron chi connectivity index (χ2n) is 3.55. The van der Waals surface area contributed by atoms with Gasteiger partial charge < -0.3 is 10.4 Å². The summed E-state index contributed by atoms with van der Waals surface area (Å²) in [5.41, 5.74) is 0. The molecule has 2 N–H and O–H groups in total. The normalized spacial score (nSPS) is 12.1. The van der Waals surface area contributed by atoms with E-state index in [1.165, 1.54) is 4.88 Å². The molecule has 0 aromatic carbocycles. The number of carbonyl (C=O) groups is 2. The van der Waals surface area contributed by atoms with Crippen LogP contribution in [0.4, 0.5) is 4.39 Å². The van der Waals surface area contributed by atoms with Crippen LogP contribution in [0.2, 0.25) is 0 Å². The quantitative estimate of drug-likeness (QED) is 0.781. The fourth-order valence-electron chi connectivity index (χ4n) is 1.31. The monoisotopic (exact) mass is 259 g/mol. The van der Waals surface area contributed by atoms with Crippen molar-refractivity contribution in [3.8, 4) is 0 Å². The van der Waals surface area contributed by atoms with Gasteiger partial charge in [0.2, 0.25) is 5.91 Å². The summed E-state index contributed by atoms with van der Waals surface area (Å²) in [6, 6.07) is 2.48. The number of hydrogen-bond acceptors (Lipinski definition) is 3. The van der Waals surface area contributed by atoms with E-state index in [0.29, 0.717) is 6.42 Å². The SMILES string of the molecule is O=C(CCCc1cccs1)NC(CF)C(=O)O. The minimum Gasteiger partial charge on any atom is -0.480 e. The summed E-state index contributed by atoms with van der Waals surface area (Å²) in [6.45, 7) is -1.09. The largest absolute Gasteiger partial charge is 0.480 e. The van der Waals surface area contributed by atoms with Crippen LogP contribution in [0.3, 0.4) is 0 Å². The third kappa shape index (κ3) is 4.95. The number of halogens is 1. The fourth-order valence-corrected chi connectivity index (χ4v) is 2.06. The highest BCUT2D eigenvalue weighted by atomic mass is 32.1. The van der Waals surface area contributed by atoms with Gasteiger partial charge in [0.1, 0.15) is 6.67 Å². The molecule has 1 amide bonds. The van der Waals surface area contributed by atoms with Gasteiger partial charge in [0, 0.05) is 11.3 Å². The van der Waals surface area contributed by atoms with Gasteiger partial charge in [0.05, 0.1) is 0 Å². The molecule has 4 nitrogen and oxygen atoms in total. The van der Waals surface area contributed by atoms with Crippen LogP contribution < -0.4 is 5.32 Å². The number of carboxylic acid groups (broad SMARTS) is 1. The number of carbonyl (C=O) groups excluding carboxylic acids is 1. The number of carboxylic acids is 1. The minimum atomic E-state index is -1.43. The van der Waals surface area contributed by atoms with Crippen molar-refractivity contribution in [2.24, 2.45) is 0 Å². The van der Waals surface area contributed by atoms with E-state index in [4.69, 9.17) is 5.11 Å². The molecule has 1 atom stereocenters. The number of nitrogens with one attached hydrogen (secondary N) is 1. The van der Waals surface area contributed by atoms with Gasteiger partial charge in [0.15, 0.2) is 6.04 Å². The molecule has 1 rings (SSSR count). The van der Waals surface area contributed by atoms with E-state index >= 15 is 0 Å². The molecule has 1 aromatic heterocycles. The van der Waals surface area contributed by atoms with Crippen molar-refractivity contribution in [2.75, 3.05) is 6.67 Å². The molecule has 0 saturated carbocycles. The Morgan fingerprint density at radius 1 is 1.53 bits per heavy atom. The molecule has 0 spiro atoms. The van der Waals surface area contributed by atoms with E-state index in [1.807, 2.05) is 17.5 Å². The van der Waals surface area contributed by atoms with Crippen molar-refractivity contribution in [1.29, 1.82) is 0 Å². The summed E-state index contributed by atoms with van der Waals surface area (Å²) in [5, 5.41) is 12.6. The number of aryl methyl sites for hydroxylation is 1. The zero-order chi connectivity index (χ0) is 12.7. The van der Waals surface area contributed by atoms with Gasteiger partial charge in [0.25, 0.3) is 0 Å². The van der Waals surface area contributed by atoms with Crippen LogP contribution in [0.15, 0.2) is 17.5 Å². The molecule has 0 aliphatic rings. The Hall–Kier alpha value is -1.43. The van der Waals surface area contributed by atoms with E-state index in [2.05, 4.69) is 5.32 Å². The molecule has 0 fully saturated rings. The van der Waals surface area contributed by atoms with Crippen LogP contribution >= 0.6 is 11.3 Å². The van der Waals surface area contributed by atoms with Gasteiger partial charge in [-0.3, -0.25) is 4.79 Å². The second kappa shape index (κ2) is 7.01. The third-order valence-electron chi connectivity index (χ3n) is 2.19. The predicted octanol–water partition coefficient (Wildman–Crippen LogP) is 1.61. The molecular formula is C11H14FNO3S. The van der Waals surface area contributed by atoms with Crippen LogP contribution in [0, 0.1) is 0 Å². The number of hydrogen-bond donors (Lipinski definition) is 2. The Morgan fingerprint density at radius 3 is 2.82 bits per heavy atom. The Labute approximate surface area is 102 Å². The standard InChI is InChI=1S/C11H14FNO3S/c12-7-9(11(15)16)13-10(14)5-1-3-8-4-2-6-17-8/h2,4,6,9H,1,3,5,7H2,(H,13,14)(H,15,16). The van der Waals surface area contributed by atoms with Crippen molar-refractivity contribution in [2.45, 2.75) is 25.3 Å². The molecule has 1 heterocycles. The van der Waals surface area contributed by atoms with Gasteiger partial charge in [-0.2, -0.15) is 0 Å². The number of thiophene rings is 1. The highest BCUT2D eigenvalue weighted by molar-refractivity contribution is 7.09. The van der Waals surface area contributed by atoms with Crippen LogP contribution in [0.1, 0.15) is 17.7 Å². The Kier molecular flexibility index (Phi) is 5.62. The predicted molar refractivity (Wildman–Crippen MR) is 62.8 cm³/mol. The van der Waals surface area contributed by atoms with Crippen LogP contribution in [-0.2, 0) is 16.0 Å². The second-order valence-corrected chi connectivity index (χ2v) is 4.58. The highest BCUT2D eigenvalue weighted by Crippen LogP contribution is 2.11. The lowest BCUT2D eigenvalue weighted by Crippen LogP contribution is -2.42. The lowest BCUT2D eigenvalue weighted by atomic mass is 10.2. The summed E-state index contributed by atoms with van der Waals surface area (Å²) in [5.74, 6) is -1.77. The van der Waals surface area contributed by atoms with E-state index in [9.17, 15) is 14.0 Å². The molecule has 0 bridgehead atoms. The van der Waals surface area contributed by atoms with E-state index < -0.39 is 24.6 Å². The maximum atomic E-state index is 12.2. The summed E-state index contributed by atoms with van der Waals surface area (Å²) in [7, 11) is 0. The topological polar surface area (TPSA) is 66.4 Å². The van der Waals surface area contributed by atoms with Crippen molar-refractivity contribution in [1.82, 2.24) is 5.32 Å². The maximum Gasteiger partial charge on any atom is 0.328 e. The summed E-state index contributed by atoms with van der Waals surface area (Å²) >= 11 is 1.61. The lowest BCUT2D eigenvalue weighted by molar-refractivity contribution is -0.142. The molecule has 0 aliphatic carbocycles. The van der Waals surface area contributed by atoms with Crippen molar-refractivity contribution >= 4 is 23.2 Å². The Morgan fingerprint density at radius 2 is 2.29 bits per heavy atom. The van der Waals surface area contributed by atoms with Gasteiger partial charge in [-0.15, -0.1) is 11.3 Å². The van der Waals surface area contributed by atoms with E-state index in [-0.39, 0.29) is 6.42 Å². The molecule has 6 heteroatoms. The zero-order valence-corrected chi connectivity index (χ0v) is 10.0. The molecule has 17 heavy (non-hydrogen) atoms. The Balaban J connectivity index is 2.23. The summed E-state index contributed by atoms with van der Waals surface area (Å²) in [6.07, 6.45) is 1.62. The minimum absolute atomic E-state index is 0.210. The zero-order valence-electron chi connectivity index (χ0n) is 9.19. The first-order valence-electron chi connectivity index (χ1n) is 5.24. The van der Waals surface area contributed by atoms with Crippen molar-refractivity contribution in [3.05, 3.63) is 22.4 Å². The highest BCUT2D eigenvalue weighted by Gasteiger charge is 2.18. The van der Waals surface area contributed by atoms with E-state index in [1.54, 1.807) is 11.3 Å². The van der Waals surface area contributed by atoms with E-state index in [0.717, 1.165) is 6.42 Å². The number of rotatable bonds is 7. The number of aliphatic carboxylic acids is 1. The van der Waals surface area contributed by atoms with Gasteiger partial charge >= 0.3 is 5.97 Å². The fraction of sp³-hybridized carbons (Fsp3) is 0.455. The van der Waals surface area contributed by atoms with Crippen LogP contribution in [0.25, 0.3) is 0 Å². The first kappa shape index (κ1) is 13.6. The molecular weight excluding hydrogens is 245 g/mol. The van der Waals surface area contributed by atoms with Gasteiger partial charge in [-0.25, -0.2) is 9.18 Å². The smallest absolute Gasteiger partial charge is 0.328 e. The average molecular weight is 259 g/mol. The van der Waals surface area contributed by atoms with Crippen molar-refractivity contribution < 1.29 is 19.1 Å². The molecule has 0 radical (unpaired) electrons. The van der Waals surface area contributed by atoms with Gasteiger partial charge in [-0.05, 0) is 24.3 Å². The third-order valence-corrected chi connectivity index (χ3v) is 3.13. The summed E-state index contributed by atoms with van der Waals surface area (Å²) < 4.78 is 12.2. The van der Waals surface area contributed by atoms with Crippen LogP contribution in [-0.4, -0.2) is 29.7 Å². The molecule has 1 aromatic rings. The molecule has 0 aliphatic heterocycles. The molecule has 0 saturated heterocycles. The van der Waals surface area contributed by atoms with Gasteiger partial charge in [-0.1, -0.05) is 6.07 Å². The Bertz CT molecular complexity index is 367.